The molecule has 0 saturated heterocycles. The minimum absolute atomic E-state index is 0.0201. The Balaban J connectivity index is 2.76. The van der Waals surface area contributed by atoms with Gasteiger partial charge in [0.2, 0.25) is 0 Å². The van der Waals surface area contributed by atoms with Crippen LogP contribution in [0.2, 0.25) is 0 Å². The molecule has 0 aromatic heterocycles. The third-order valence-corrected chi connectivity index (χ3v) is 2.13. The van der Waals surface area contributed by atoms with Crippen LogP contribution in [0.5, 0.6) is 0 Å². The third-order valence-electron chi connectivity index (χ3n) is 2.13. The molecular formula is C8H17N5. The van der Waals surface area contributed by atoms with Crippen molar-refractivity contribution in [1.29, 1.82) is 0 Å². The second-order valence-electron chi connectivity index (χ2n) is 3.52. The largest absolute Gasteiger partial charge is 0.323 e. The van der Waals surface area contributed by atoms with Crippen molar-refractivity contribution in [3.8, 4) is 0 Å². The van der Waals surface area contributed by atoms with Crippen LogP contribution < -0.4 is 17.0 Å². The second-order valence-corrected chi connectivity index (χ2v) is 3.52. The summed E-state index contributed by atoms with van der Waals surface area (Å²) < 4.78 is 0. The van der Waals surface area contributed by atoms with Gasteiger partial charge in [-0.3, -0.25) is 5.43 Å². The first-order valence-corrected chi connectivity index (χ1v) is 4.51. The standard InChI is InChI=1S/C8H17N5/c1-5(2)8-6(9)3-4-7(11-10)12-13-8/h5-6H,3-4,9-10H2,1-2H3,(H,11,12). The van der Waals surface area contributed by atoms with Crippen LogP contribution in [0.3, 0.4) is 0 Å². The van der Waals surface area contributed by atoms with Crippen LogP contribution in [0.15, 0.2) is 10.2 Å². The summed E-state index contributed by atoms with van der Waals surface area (Å²) in [6.07, 6.45) is 1.61. The molecule has 1 unspecified atom stereocenters. The Morgan fingerprint density at radius 1 is 1.62 bits per heavy atom. The minimum atomic E-state index is 0.0201. The van der Waals surface area contributed by atoms with Crippen LogP contribution in [0.1, 0.15) is 26.7 Å². The Morgan fingerprint density at radius 3 is 2.85 bits per heavy atom. The van der Waals surface area contributed by atoms with E-state index in [1.165, 1.54) is 0 Å². The van der Waals surface area contributed by atoms with E-state index in [2.05, 4.69) is 29.5 Å². The van der Waals surface area contributed by atoms with Gasteiger partial charge in [-0.1, -0.05) is 13.8 Å². The maximum Gasteiger partial charge on any atom is 0.142 e. The smallest absolute Gasteiger partial charge is 0.142 e. The molecule has 5 N–H and O–H groups in total. The van der Waals surface area contributed by atoms with E-state index in [9.17, 15) is 0 Å². The third kappa shape index (κ3) is 2.42. The summed E-state index contributed by atoms with van der Waals surface area (Å²) in [5.41, 5.74) is 9.74. The molecule has 1 aliphatic rings. The highest BCUT2D eigenvalue weighted by Crippen LogP contribution is 2.08. The van der Waals surface area contributed by atoms with E-state index in [1.807, 2.05) is 0 Å². The van der Waals surface area contributed by atoms with Gasteiger partial charge in [-0.15, -0.1) is 0 Å². The highest BCUT2D eigenvalue weighted by Gasteiger charge is 2.18. The summed E-state index contributed by atoms with van der Waals surface area (Å²) in [7, 11) is 0. The molecule has 0 radical (unpaired) electrons. The van der Waals surface area contributed by atoms with E-state index in [-0.39, 0.29) is 6.04 Å². The first-order chi connectivity index (χ1) is 6.15. The van der Waals surface area contributed by atoms with E-state index in [1.54, 1.807) is 0 Å². The molecule has 13 heavy (non-hydrogen) atoms. The van der Waals surface area contributed by atoms with Crippen molar-refractivity contribution in [1.82, 2.24) is 5.43 Å². The van der Waals surface area contributed by atoms with Crippen LogP contribution >= 0.6 is 0 Å². The van der Waals surface area contributed by atoms with Gasteiger partial charge in [-0.2, -0.15) is 10.2 Å². The van der Waals surface area contributed by atoms with E-state index in [0.717, 1.165) is 18.6 Å². The molecule has 1 atom stereocenters. The van der Waals surface area contributed by atoms with Gasteiger partial charge in [0.1, 0.15) is 5.84 Å². The Labute approximate surface area is 78.2 Å². The van der Waals surface area contributed by atoms with Crippen LogP contribution in [0.25, 0.3) is 0 Å². The molecule has 0 aliphatic carbocycles. The number of nitrogens with two attached hydrogens (primary N) is 2. The fourth-order valence-electron chi connectivity index (χ4n) is 1.36. The van der Waals surface area contributed by atoms with E-state index < -0.39 is 0 Å². The van der Waals surface area contributed by atoms with Crippen LogP contribution in [-0.2, 0) is 0 Å². The molecule has 1 rings (SSSR count). The molecule has 5 heteroatoms. The lowest BCUT2D eigenvalue weighted by molar-refractivity contribution is 0.731. The second kappa shape index (κ2) is 4.23. The monoisotopic (exact) mass is 183 g/mol. The summed E-state index contributed by atoms with van der Waals surface area (Å²) in [6.45, 7) is 4.15. The number of hydrogen-bond donors (Lipinski definition) is 3. The lowest BCUT2D eigenvalue weighted by Crippen LogP contribution is -2.33. The molecule has 0 saturated carbocycles. The van der Waals surface area contributed by atoms with Crippen LogP contribution in [0, 0.1) is 5.92 Å². The summed E-state index contributed by atoms with van der Waals surface area (Å²) in [5, 5.41) is 7.77. The van der Waals surface area contributed by atoms with Crippen molar-refractivity contribution < 1.29 is 0 Å². The summed E-state index contributed by atoms with van der Waals surface area (Å²) in [6, 6.07) is 0.0201. The first-order valence-electron chi connectivity index (χ1n) is 4.51. The number of nitrogens with one attached hydrogen (secondary N) is 1. The van der Waals surface area contributed by atoms with Crippen molar-refractivity contribution >= 4 is 11.5 Å². The van der Waals surface area contributed by atoms with E-state index in [0.29, 0.717) is 11.8 Å². The summed E-state index contributed by atoms with van der Waals surface area (Å²) >= 11 is 0. The lowest BCUT2D eigenvalue weighted by Gasteiger charge is -2.13. The molecule has 0 aromatic carbocycles. The molecular weight excluding hydrogens is 166 g/mol. The number of rotatable bonds is 1. The van der Waals surface area contributed by atoms with E-state index >= 15 is 0 Å². The van der Waals surface area contributed by atoms with Crippen LogP contribution in [0.4, 0.5) is 0 Å². The molecule has 1 aliphatic heterocycles. The van der Waals surface area contributed by atoms with Crippen molar-refractivity contribution in [2.24, 2.45) is 27.7 Å². The van der Waals surface area contributed by atoms with Crippen molar-refractivity contribution in [2.75, 3.05) is 0 Å². The van der Waals surface area contributed by atoms with Gasteiger partial charge in [0.25, 0.3) is 0 Å². The van der Waals surface area contributed by atoms with Crippen molar-refractivity contribution in [3.05, 3.63) is 0 Å². The highest BCUT2D eigenvalue weighted by atomic mass is 15.4. The summed E-state index contributed by atoms with van der Waals surface area (Å²) in [4.78, 5) is 0. The molecule has 0 fully saturated rings. The first kappa shape index (κ1) is 9.98. The van der Waals surface area contributed by atoms with Gasteiger partial charge in [-0.05, 0) is 12.3 Å². The molecule has 1 heterocycles. The Morgan fingerprint density at radius 2 is 2.31 bits per heavy atom. The SMILES string of the molecule is CC(C)C1=NNC(=NN)CCC1N. The average Bonchev–Trinajstić information content (AvgIpc) is 2.27. The Kier molecular flexibility index (Phi) is 3.25. The molecule has 74 valence electrons. The van der Waals surface area contributed by atoms with Gasteiger partial charge in [0.05, 0.1) is 5.71 Å². The van der Waals surface area contributed by atoms with Gasteiger partial charge in [0.15, 0.2) is 0 Å². The topological polar surface area (TPSA) is 88.8 Å². The van der Waals surface area contributed by atoms with Crippen molar-refractivity contribution in [2.45, 2.75) is 32.7 Å². The highest BCUT2D eigenvalue weighted by molar-refractivity contribution is 5.94. The predicted octanol–water partition coefficient (Wildman–Crippen LogP) is -0.0187. The molecule has 0 aromatic rings. The van der Waals surface area contributed by atoms with Gasteiger partial charge < -0.3 is 11.6 Å². The normalized spacial score (nSPS) is 26.9. The number of amidine groups is 1. The van der Waals surface area contributed by atoms with Crippen molar-refractivity contribution in [3.63, 3.8) is 0 Å². The van der Waals surface area contributed by atoms with Gasteiger partial charge in [-0.25, -0.2) is 0 Å². The lowest BCUT2D eigenvalue weighted by atomic mass is 9.98. The minimum Gasteiger partial charge on any atom is -0.323 e. The molecule has 5 nitrogen and oxygen atoms in total. The summed E-state index contributed by atoms with van der Waals surface area (Å²) in [5.74, 6) is 6.22. The van der Waals surface area contributed by atoms with Gasteiger partial charge in [0, 0.05) is 12.5 Å². The van der Waals surface area contributed by atoms with Crippen LogP contribution in [-0.4, -0.2) is 17.6 Å². The fraction of sp³-hybridized carbons (Fsp3) is 0.750. The predicted molar refractivity (Wildman–Crippen MR) is 54.2 cm³/mol. The zero-order chi connectivity index (χ0) is 9.84. The zero-order valence-corrected chi connectivity index (χ0v) is 8.12. The average molecular weight is 183 g/mol. The number of nitrogens with zero attached hydrogens (tertiary/aromatic N) is 2. The Hall–Kier alpha value is -1.10. The number of hydrazone groups is 2. The molecule has 0 bridgehead atoms. The fourth-order valence-corrected chi connectivity index (χ4v) is 1.36. The van der Waals surface area contributed by atoms with E-state index in [4.69, 9.17) is 11.6 Å². The quantitative estimate of drug-likeness (QED) is 0.394. The maximum absolute atomic E-state index is 5.93. The number of hydrogen-bond acceptors (Lipinski definition) is 4. The molecule has 0 spiro atoms. The maximum atomic E-state index is 5.93. The Bertz CT molecular complexity index is 231. The zero-order valence-electron chi connectivity index (χ0n) is 8.12. The molecule has 0 amide bonds. The van der Waals surface area contributed by atoms with Gasteiger partial charge >= 0.3 is 0 Å².